The fourth-order valence-corrected chi connectivity index (χ4v) is 6.65. The van der Waals surface area contributed by atoms with E-state index in [0.717, 1.165) is 40.9 Å². The molecule has 1 fully saturated rings. The van der Waals surface area contributed by atoms with Gasteiger partial charge in [0.25, 0.3) is 0 Å². The van der Waals surface area contributed by atoms with E-state index in [9.17, 15) is 14.4 Å². The molecule has 1 aliphatic carbocycles. The Kier molecular flexibility index (Phi) is 10.4. The summed E-state index contributed by atoms with van der Waals surface area (Å²) in [4.78, 5) is 47.9. The molecule has 7 heteroatoms. The van der Waals surface area contributed by atoms with Crippen LogP contribution in [0.25, 0.3) is 10.2 Å². The Bertz CT molecular complexity index is 1260. The Balaban J connectivity index is 1.50. The summed E-state index contributed by atoms with van der Waals surface area (Å²) in [5.41, 5.74) is 2.86. The predicted octanol–water partition coefficient (Wildman–Crippen LogP) is 7.07. The molecule has 0 saturated heterocycles. The van der Waals surface area contributed by atoms with Crippen molar-refractivity contribution in [1.82, 2.24) is 15.3 Å². The lowest BCUT2D eigenvalue weighted by molar-refractivity contribution is -0.130. The van der Waals surface area contributed by atoms with Gasteiger partial charge in [-0.1, -0.05) is 46.1 Å². The number of carbonyl (C=O) groups is 3. The number of nitrogens with zero attached hydrogens (tertiary/aromatic N) is 2. The zero-order valence-corrected chi connectivity index (χ0v) is 24.3. The number of hydrogen-bond acceptors (Lipinski definition) is 6. The zero-order chi connectivity index (χ0) is 27.8. The van der Waals surface area contributed by atoms with Crippen LogP contribution in [0, 0.1) is 11.8 Å². The highest BCUT2D eigenvalue weighted by Gasteiger charge is 2.30. The highest BCUT2D eigenvalue weighted by Crippen LogP contribution is 2.31. The maximum atomic E-state index is 13.7. The molecule has 0 unspecified atom stereocenters. The zero-order valence-electron chi connectivity index (χ0n) is 23.4. The number of fused-ring (bicyclic) bond motifs is 1. The van der Waals surface area contributed by atoms with Gasteiger partial charge >= 0.3 is 0 Å². The first-order valence-corrected chi connectivity index (χ1v) is 15.3. The quantitative estimate of drug-likeness (QED) is 0.231. The third kappa shape index (κ3) is 8.04. The average molecular weight is 548 g/mol. The molecule has 0 radical (unpaired) electrons. The van der Waals surface area contributed by atoms with Crippen LogP contribution in [0.2, 0.25) is 0 Å². The van der Waals surface area contributed by atoms with E-state index in [0.29, 0.717) is 43.1 Å². The van der Waals surface area contributed by atoms with Gasteiger partial charge < -0.3 is 5.32 Å². The van der Waals surface area contributed by atoms with Gasteiger partial charge in [-0.25, -0.2) is 4.98 Å². The van der Waals surface area contributed by atoms with E-state index in [2.05, 4.69) is 42.3 Å². The van der Waals surface area contributed by atoms with Gasteiger partial charge in [0.05, 0.1) is 21.1 Å². The molecule has 1 N–H and O–H groups in total. The second kappa shape index (κ2) is 13.9. The average Bonchev–Trinajstić information content (AvgIpc) is 3.37. The number of rotatable bonds is 13. The molecule has 0 aliphatic heterocycles. The second-order valence-corrected chi connectivity index (χ2v) is 12.3. The largest absolute Gasteiger partial charge is 0.353 e. The molecule has 2 heterocycles. The second-order valence-electron chi connectivity index (χ2n) is 11.2. The van der Waals surface area contributed by atoms with E-state index in [4.69, 9.17) is 4.98 Å². The number of aromatic nitrogens is 2. The first-order valence-electron chi connectivity index (χ1n) is 14.5. The minimum Gasteiger partial charge on any atom is -0.353 e. The number of thiazole rings is 1. The Hall–Kier alpha value is -2.93. The Labute approximate surface area is 236 Å². The summed E-state index contributed by atoms with van der Waals surface area (Å²) < 4.78 is 1.12. The SMILES string of the molecule is CCC(=O)C[C@@H](Cc1nc2ccc(C(C)C)cc2s1)C(=O)N[C@H](CCC(=O)c1ccncc1)C1CCCCC1. The monoisotopic (exact) mass is 547 g/mol. The Morgan fingerprint density at radius 1 is 1.05 bits per heavy atom. The smallest absolute Gasteiger partial charge is 0.224 e. The summed E-state index contributed by atoms with van der Waals surface area (Å²) in [6.07, 6.45) is 10.9. The minimum absolute atomic E-state index is 0.0698. The van der Waals surface area contributed by atoms with Crippen molar-refractivity contribution in [1.29, 1.82) is 0 Å². The number of benzene rings is 1. The van der Waals surface area contributed by atoms with Crippen LogP contribution in [0.4, 0.5) is 0 Å². The minimum atomic E-state index is -0.468. The van der Waals surface area contributed by atoms with Crippen LogP contribution in [0.5, 0.6) is 0 Å². The van der Waals surface area contributed by atoms with Gasteiger partial charge in [-0.05, 0) is 60.9 Å². The Morgan fingerprint density at radius 2 is 1.79 bits per heavy atom. The van der Waals surface area contributed by atoms with Crippen molar-refractivity contribution in [2.75, 3.05) is 0 Å². The summed E-state index contributed by atoms with van der Waals surface area (Å²) in [6.45, 7) is 6.19. The van der Waals surface area contributed by atoms with Gasteiger partial charge in [0.2, 0.25) is 5.91 Å². The van der Waals surface area contributed by atoms with Gasteiger partial charge in [0, 0.05) is 49.7 Å². The van der Waals surface area contributed by atoms with E-state index in [1.54, 1.807) is 35.9 Å². The summed E-state index contributed by atoms with van der Waals surface area (Å²) in [6, 6.07) is 9.76. The van der Waals surface area contributed by atoms with Crippen LogP contribution in [0.15, 0.2) is 42.7 Å². The van der Waals surface area contributed by atoms with Gasteiger partial charge in [-0.3, -0.25) is 19.4 Å². The molecule has 1 amide bonds. The van der Waals surface area contributed by atoms with Gasteiger partial charge in [0.15, 0.2) is 5.78 Å². The normalized spacial score (nSPS) is 15.8. The highest BCUT2D eigenvalue weighted by atomic mass is 32.1. The van der Waals surface area contributed by atoms with Crippen LogP contribution in [0.3, 0.4) is 0 Å². The predicted molar refractivity (Wildman–Crippen MR) is 157 cm³/mol. The van der Waals surface area contributed by atoms with Gasteiger partial charge in [-0.2, -0.15) is 0 Å². The molecule has 0 spiro atoms. The maximum absolute atomic E-state index is 13.7. The third-order valence-electron chi connectivity index (χ3n) is 8.01. The summed E-state index contributed by atoms with van der Waals surface area (Å²) in [7, 11) is 0. The number of carbonyl (C=O) groups excluding carboxylic acids is 3. The number of Topliss-reactive ketones (excluding diaryl/α,β-unsaturated/α-hetero) is 2. The lowest BCUT2D eigenvalue weighted by Gasteiger charge is -2.32. The van der Waals surface area contributed by atoms with Crippen molar-refractivity contribution in [2.24, 2.45) is 11.8 Å². The van der Waals surface area contributed by atoms with E-state index < -0.39 is 5.92 Å². The summed E-state index contributed by atoms with van der Waals surface area (Å²) in [5.74, 6) is 0.381. The number of pyridine rings is 1. The lowest BCUT2D eigenvalue weighted by atomic mass is 9.81. The molecule has 0 bridgehead atoms. The lowest BCUT2D eigenvalue weighted by Crippen LogP contribution is -2.45. The Morgan fingerprint density at radius 3 is 2.49 bits per heavy atom. The molecule has 2 atom stereocenters. The molecule has 39 heavy (non-hydrogen) atoms. The number of ketones is 2. The number of nitrogens with one attached hydrogen (secondary N) is 1. The molecular weight excluding hydrogens is 506 g/mol. The van der Waals surface area contributed by atoms with Crippen LogP contribution in [-0.4, -0.2) is 33.5 Å². The topological polar surface area (TPSA) is 89.0 Å². The first kappa shape index (κ1) is 29.1. The molecule has 4 rings (SSSR count). The van der Waals surface area contributed by atoms with Crippen molar-refractivity contribution >= 4 is 39.0 Å². The number of amides is 1. The van der Waals surface area contributed by atoms with E-state index in [-0.39, 0.29) is 29.9 Å². The van der Waals surface area contributed by atoms with Crippen molar-refractivity contribution in [3.8, 4) is 0 Å². The van der Waals surface area contributed by atoms with E-state index in [1.807, 2.05) is 6.92 Å². The van der Waals surface area contributed by atoms with E-state index >= 15 is 0 Å². The first-order chi connectivity index (χ1) is 18.8. The number of hydrogen-bond donors (Lipinski definition) is 1. The van der Waals surface area contributed by atoms with Gasteiger partial charge in [0.1, 0.15) is 5.78 Å². The van der Waals surface area contributed by atoms with Crippen molar-refractivity contribution < 1.29 is 14.4 Å². The maximum Gasteiger partial charge on any atom is 0.224 e. The highest BCUT2D eigenvalue weighted by molar-refractivity contribution is 7.18. The third-order valence-corrected chi connectivity index (χ3v) is 9.06. The summed E-state index contributed by atoms with van der Waals surface area (Å²) in [5, 5.41) is 4.21. The van der Waals surface area contributed by atoms with Gasteiger partial charge in [-0.15, -0.1) is 11.3 Å². The van der Waals surface area contributed by atoms with Crippen molar-refractivity contribution in [2.45, 2.75) is 96.9 Å². The molecule has 1 aromatic carbocycles. The summed E-state index contributed by atoms with van der Waals surface area (Å²) >= 11 is 1.62. The van der Waals surface area contributed by atoms with Crippen LogP contribution in [0.1, 0.15) is 105 Å². The fraction of sp³-hybridized carbons (Fsp3) is 0.531. The molecule has 1 saturated carbocycles. The molecular formula is C32H41N3O3S. The van der Waals surface area contributed by atoms with Crippen LogP contribution < -0.4 is 5.32 Å². The molecule has 3 aromatic rings. The molecule has 1 aliphatic rings. The standard InChI is InChI=1S/C32H41N3O3S/c1-4-26(36)18-25(20-31-34-28-11-10-24(21(2)3)19-30(28)39-31)32(38)35-27(22-8-6-5-7-9-22)12-13-29(37)23-14-16-33-17-15-23/h10-11,14-17,19,21-22,25,27H,4-9,12-13,18,20H2,1-3H3,(H,35,38)/t25-,27+/m0/s1. The van der Waals surface area contributed by atoms with Crippen LogP contribution in [-0.2, 0) is 16.0 Å². The van der Waals surface area contributed by atoms with Crippen molar-refractivity contribution in [3.63, 3.8) is 0 Å². The van der Waals surface area contributed by atoms with E-state index in [1.165, 1.54) is 12.0 Å². The molecule has 6 nitrogen and oxygen atoms in total. The molecule has 2 aromatic heterocycles. The van der Waals surface area contributed by atoms with Crippen molar-refractivity contribution in [3.05, 3.63) is 58.9 Å². The fourth-order valence-electron chi connectivity index (χ4n) is 5.55. The van der Waals surface area contributed by atoms with Crippen LogP contribution >= 0.6 is 11.3 Å². The molecule has 208 valence electrons.